The molecular weight excluding hydrogens is 230 g/mol. The average molecular weight is 240 g/mol. The van der Waals surface area contributed by atoms with E-state index in [9.17, 15) is 4.79 Å². The highest BCUT2D eigenvalue weighted by Gasteiger charge is 2.17. The van der Waals surface area contributed by atoms with Crippen molar-refractivity contribution in [3.63, 3.8) is 0 Å². The van der Waals surface area contributed by atoms with Crippen LogP contribution in [0.5, 0.6) is 5.75 Å². The maximum absolute atomic E-state index is 11.1. The molecule has 1 N–H and O–H groups in total. The topological polar surface area (TPSA) is 51.5 Å². The highest BCUT2D eigenvalue weighted by atomic mass is 35.5. The first kappa shape index (κ1) is 10.8. The van der Waals surface area contributed by atoms with E-state index in [0.717, 1.165) is 5.52 Å². The number of benzene rings is 1. The molecule has 0 saturated heterocycles. The average Bonchev–Trinajstić information content (AvgIpc) is 2.58. The normalized spacial score (nSPS) is 10.7. The van der Waals surface area contributed by atoms with Crippen molar-refractivity contribution in [2.45, 2.75) is 0 Å². The van der Waals surface area contributed by atoms with Gasteiger partial charge in [0, 0.05) is 18.6 Å². The molecule has 0 aliphatic rings. The first-order chi connectivity index (χ1) is 7.56. The van der Waals surface area contributed by atoms with Crippen LogP contribution in [0, 0.1) is 0 Å². The van der Waals surface area contributed by atoms with Gasteiger partial charge in [-0.05, 0) is 12.1 Å². The zero-order valence-corrected chi connectivity index (χ0v) is 9.58. The number of nitrogens with zero attached hydrogens (tertiary/aromatic N) is 1. The molecule has 0 unspecified atom stereocenters. The van der Waals surface area contributed by atoms with Crippen LogP contribution in [-0.2, 0) is 7.05 Å². The van der Waals surface area contributed by atoms with Crippen molar-refractivity contribution in [3.8, 4) is 5.75 Å². The van der Waals surface area contributed by atoms with Crippen LogP contribution in [0.2, 0.25) is 5.02 Å². The lowest BCUT2D eigenvalue weighted by atomic mass is 10.1. The third kappa shape index (κ3) is 1.42. The number of fused-ring (bicyclic) bond motifs is 1. The minimum absolute atomic E-state index is 0.182. The van der Waals surface area contributed by atoms with E-state index in [1.165, 1.54) is 7.11 Å². The molecule has 0 saturated carbocycles. The summed E-state index contributed by atoms with van der Waals surface area (Å²) in [5, 5.41) is 9.91. The third-order valence-electron chi connectivity index (χ3n) is 2.51. The van der Waals surface area contributed by atoms with E-state index in [1.54, 1.807) is 29.9 Å². The maximum Gasteiger partial charge on any atom is 0.337 e. The number of aromatic carboxylic acids is 1. The molecule has 0 aliphatic heterocycles. The SMILES string of the molecule is COc1ccc2c(c(C(=O)O)cn2C)c1Cl. The molecule has 84 valence electrons. The number of hydrogen-bond acceptors (Lipinski definition) is 2. The lowest BCUT2D eigenvalue weighted by molar-refractivity contribution is 0.0699. The Morgan fingerprint density at radius 2 is 2.19 bits per heavy atom. The number of carbonyl (C=O) groups is 1. The summed E-state index contributed by atoms with van der Waals surface area (Å²) in [6.45, 7) is 0. The van der Waals surface area contributed by atoms with Gasteiger partial charge in [-0.15, -0.1) is 0 Å². The van der Waals surface area contributed by atoms with Crippen LogP contribution in [0.15, 0.2) is 18.3 Å². The molecule has 1 aromatic heterocycles. The number of methoxy groups -OCH3 is 1. The fourth-order valence-electron chi connectivity index (χ4n) is 1.74. The van der Waals surface area contributed by atoms with E-state index >= 15 is 0 Å². The molecule has 5 heteroatoms. The fraction of sp³-hybridized carbons (Fsp3) is 0.182. The predicted octanol–water partition coefficient (Wildman–Crippen LogP) is 2.54. The summed E-state index contributed by atoms with van der Waals surface area (Å²) in [6.07, 6.45) is 1.54. The molecule has 2 rings (SSSR count). The standard InChI is InChI=1S/C11H10ClNO3/c1-13-5-6(11(14)15)9-7(13)3-4-8(16-2)10(9)12/h3-5H,1-2H3,(H,14,15). The molecule has 1 heterocycles. The molecule has 0 aliphatic carbocycles. The van der Waals surface area contributed by atoms with E-state index < -0.39 is 5.97 Å². The summed E-state index contributed by atoms with van der Waals surface area (Å²) in [4.78, 5) is 11.1. The molecule has 4 nitrogen and oxygen atoms in total. The quantitative estimate of drug-likeness (QED) is 0.876. The first-order valence-electron chi connectivity index (χ1n) is 4.61. The van der Waals surface area contributed by atoms with Crippen LogP contribution in [-0.4, -0.2) is 22.8 Å². The van der Waals surface area contributed by atoms with Crippen molar-refractivity contribution >= 4 is 28.5 Å². The second kappa shape index (κ2) is 3.72. The molecule has 0 amide bonds. The summed E-state index contributed by atoms with van der Waals surface area (Å²) in [6, 6.07) is 3.50. The van der Waals surface area contributed by atoms with Crippen LogP contribution >= 0.6 is 11.6 Å². The molecule has 16 heavy (non-hydrogen) atoms. The Labute approximate surface area is 97.0 Å². The third-order valence-corrected chi connectivity index (χ3v) is 2.88. The molecule has 0 bridgehead atoms. The second-order valence-corrected chi connectivity index (χ2v) is 3.81. The van der Waals surface area contributed by atoms with Crippen molar-refractivity contribution in [1.82, 2.24) is 4.57 Å². The van der Waals surface area contributed by atoms with Gasteiger partial charge in [0.2, 0.25) is 0 Å². The van der Waals surface area contributed by atoms with E-state index in [0.29, 0.717) is 16.2 Å². The van der Waals surface area contributed by atoms with Crippen molar-refractivity contribution in [1.29, 1.82) is 0 Å². The van der Waals surface area contributed by atoms with Gasteiger partial charge in [-0.2, -0.15) is 0 Å². The molecule has 2 aromatic rings. The summed E-state index contributed by atoms with van der Waals surface area (Å²) in [5.41, 5.74) is 0.949. The number of carboxylic acid groups (broad SMARTS) is 1. The summed E-state index contributed by atoms with van der Waals surface area (Å²) in [7, 11) is 3.27. The van der Waals surface area contributed by atoms with Gasteiger partial charge in [0.1, 0.15) is 5.75 Å². The Morgan fingerprint density at radius 1 is 1.50 bits per heavy atom. The number of rotatable bonds is 2. The van der Waals surface area contributed by atoms with Crippen LogP contribution in [0.3, 0.4) is 0 Å². The number of aromatic nitrogens is 1. The number of ether oxygens (including phenoxy) is 1. The molecule has 0 spiro atoms. The Hall–Kier alpha value is -1.68. The number of hydrogen-bond donors (Lipinski definition) is 1. The van der Waals surface area contributed by atoms with E-state index in [1.807, 2.05) is 0 Å². The molecular formula is C11H10ClNO3. The lowest BCUT2D eigenvalue weighted by Crippen LogP contribution is -1.94. The summed E-state index contributed by atoms with van der Waals surface area (Å²) >= 11 is 6.10. The zero-order chi connectivity index (χ0) is 11.9. The van der Waals surface area contributed by atoms with Gasteiger partial charge in [0.25, 0.3) is 0 Å². The van der Waals surface area contributed by atoms with Crippen LogP contribution in [0.4, 0.5) is 0 Å². The second-order valence-electron chi connectivity index (χ2n) is 3.43. The molecule has 0 atom stereocenters. The lowest BCUT2D eigenvalue weighted by Gasteiger charge is -2.04. The van der Waals surface area contributed by atoms with Crippen molar-refractivity contribution in [2.24, 2.45) is 7.05 Å². The van der Waals surface area contributed by atoms with Crippen LogP contribution < -0.4 is 4.74 Å². The van der Waals surface area contributed by atoms with Gasteiger partial charge >= 0.3 is 5.97 Å². The fourth-order valence-corrected chi connectivity index (χ4v) is 2.08. The highest BCUT2D eigenvalue weighted by Crippen LogP contribution is 2.35. The molecule has 1 aromatic carbocycles. The Kier molecular flexibility index (Phi) is 2.52. The van der Waals surface area contributed by atoms with Crippen molar-refractivity contribution < 1.29 is 14.6 Å². The van der Waals surface area contributed by atoms with Crippen molar-refractivity contribution in [2.75, 3.05) is 7.11 Å². The highest BCUT2D eigenvalue weighted by molar-refractivity contribution is 6.38. The van der Waals surface area contributed by atoms with Gasteiger partial charge in [-0.3, -0.25) is 0 Å². The van der Waals surface area contributed by atoms with Gasteiger partial charge in [-0.1, -0.05) is 11.6 Å². The number of halogens is 1. The van der Waals surface area contributed by atoms with Gasteiger partial charge in [0.15, 0.2) is 0 Å². The van der Waals surface area contributed by atoms with Gasteiger partial charge in [0.05, 0.1) is 23.2 Å². The summed E-state index contributed by atoms with van der Waals surface area (Å²) in [5.74, 6) is -0.524. The van der Waals surface area contributed by atoms with Crippen LogP contribution in [0.25, 0.3) is 10.9 Å². The summed E-state index contributed by atoms with van der Waals surface area (Å²) < 4.78 is 6.79. The van der Waals surface area contributed by atoms with E-state index in [-0.39, 0.29) is 5.56 Å². The number of carboxylic acids is 1. The minimum atomic E-state index is -0.999. The maximum atomic E-state index is 11.1. The van der Waals surface area contributed by atoms with Gasteiger partial charge in [-0.25, -0.2) is 4.79 Å². The Bertz CT molecular complexity index is 574. The zero-order valence-electron chi connectivity index (χ0n) is 8.82. The smallest absolute Gasteiger partial charge is 0.337 e. The minimum Gasteiger partial charge on any atom is -0.495 e. The van der Waals surface area contributed by atoms with E-state index in [2.05, 4.69) is 0 Å². The molecule has 0 fully saturated rings. The number of aryl methyl sites for hydroxylation is 1. The Morgan fingerprint density at radius 3 is 2.75 bits per heavy atom. The Balaban J connectivity index is 2.89. The monoisotopic (exact) mass is 239 g/mol. The van der Waals surface area contributed by atoms with Crippen molar-refractivity contribution in [3.05, 3.63) is 28.9 Å². The predicted molar refractivity (Wildman–Crippen MR) is 61.4 cm³/mol. The molecule has 0 radical (unpaired) electrons. The largest absolute Gasteiger partial charge is 0.495 e. The van der Waals surface area contributed by atoms with Gasteiger partial charge < -0.3 is 14.4 Å². The van der Waals surface area contributed by atoms with E-state index in [4.69, 9.17) is 21.4 Å². The van der Waals surface area contributed by atoms with Crippen LogP contribution in [0.1, 0.15) is 10.4 Å². The first-order valence-corrected chi connectivity index (χ1v) is 4.99.